The van der Waals surface area contributed by atoms with Crippen LogP contribution < -0.4 is 10.1 Å². The molecule has 0 fully saturated rings. The van der Waals surface area contributed by atoms with Gasteiger partial charge in [0, 0.05) is 18.2 Å². The van der Waals surface area contributed by atoms with Gasteiger partial charge in [0.1, 0.15) is 5.75 Å². The summed E-state index contributed by atoms with van der Waals surface area (Å²) in [6.45, 7) is 7.06. The van der Waals surface area contributed by atoms with Gasteiger partial charge in [-0.15, -0.1) is 0 Å². The summed E-state index contributed by atoms with van der Waals surface area (Å²) in [5.41, 5.74) is 0.992. The fourth-order valence-electron chi connectivity index (χ4n) is 1.61. The summed E-state index contributed by atoms with van der Waals surface area (Å²) in [5.74, 6) is 1.16. The highest BCUT2D eigenvalue weighted by Crippen LogP contribution is 2.27. The van der Waals surface area contributed by atoms with Crippen LogP contribution in [-0.4, -0.2) is 10.5 Å². The Morgan fingerprint density at radius 1 is 1.10 bits per heavy atom. The average Bonchev–Trinajstić information content (AvgIpc) is 2.39. The van der Waals surface area contributed by atoms with Gasteiger partial charge in [-0.25, -0.2) is 4.98 Å². The number of nitrogens with zero attached hydrogens (tertiary/aromatic N) is 1. The van der Waals surface area contributed by atoms with Gasteiger partial charge in [0.05, 0.1) is 10.7 Å². The van der Waals surface area contributed by atoms with Gasteiger partial charge in [-0.05, 0) is 39.0 Å². The van der Waals surface area contributed by atoms with E-state index in [1.165, 1.54) is 0 Å². The highest BCUT2D eigenvalue weighted by Gasteiger charge is 2.09. The van der Waals surface area contributed by atoms with Gasteiger partial charge in [-0.2, -0.15) is 0 Å². The Kier molecular flexibility index (Phi) is 4.63. The summed E-state index contributed by atoms with van der Waals surface area (Å²) in [7, 11) is 0. The Morgan fingerprint density at radius 2 is 1.85 bits per heavy atom. The molecule has 0 aliphatic carbocycles. The molecule has 2 aromatic rings. The minimum atomic E-state index is 0.0568. The van der Waals surface area contributed by atoms with Crippen LogP contribution in [0.25, 0.3) is 0 Å². The molecule has 0 atom stereocenters. The van der Waals surface area contributed by atoms with Crippen LogP contribution in [0.5, 0.6) is 11.6 Å². The van der Waals surface area contributed by atoms with Crippen LogP contribution in [0, 0.1) is 0 Å². The normalized spacial score (nSPS) is 11.4. The zero-order valence-electron chi connectivity index (χ0n) is 12.0. The number of ether oxygens (including phenoxy) is 1. The third kappa shape index (κ3) is 4.51. The van der Waals surface area contributed by atoms with E-state index in [0.717, 1.165) is 5.69 Å². The minimum Gasteiger partial charge on any atom is -0.437 e. The van der Waals surface area contributed by atoms with Crippen molar-refractivity contribution in [1.29, 1.82) is 0 Å². The largest absolute Gasteiger partial charge is 0.437 e. The first-order valence-corrected chi connectivity index (χ1v) is 6.95. The molecule has 106 valence electrons. The van der Waals surface area contributed by atoms with E-state index in [9.17, 15) is 0 Å². The predicted molar refractivity (Wildman–Crippen MR) is 82.4 cm³/mol. The molecule has 0 radical (unpaired) electrons. The Labute approximate surface area is 124 Å². The molecule has 1 N–H and O–H groups in total. The lowest BCUT2D eigenvalue weighted by Gasteiger charge is -2.20. The van der Waals surface area contributed by atoms with Gasteiger partial charge >= 0.3 is 0 Å². The second-order valence-electron chi connectivity index (χ2n) is 5.60. The molecular weight excluding hydrogens is 272 g/mol. The molecule has 0 aliphatic rings. The molecule has 0 saturated carbocycles. The molecule has 1 aromatic carbocycles. The molecule has 4 heteroatoms. The zero-order valence-corrected chi connectivity index (χ0v) is 12.7. The van der Waals surface area contributed by atoms with Crippen LogP contribution in [0.15, 0.2) is 42.5 Å². The van der Waals surface area contributed by atoms with E-state index in [1.807, 2.05) is 36.4 Å². The molecular formula is C16H19ClN2O. The summed E-state index contributed by atoms with van der Waals surface area (Å²) in [4.78, 5) is 4.47. The second kappa shape index (κ2) is 6.25. The summed E-state index contributed by atoms with van der Waals surface area (Å²) in [6.07, 6.45) is 0. The van der Waals surface area contributed by atoms with E-state index in [1.54, 1.807) is 6.07 Å². The molecule has 20 heavy (non-hydrogen) atoms. The molecule has 2 rings (SSSR count). The second-order valence-corrected chi connectivity index (χ2v) is 6.01. The van der Waals surface area contributed by atoms with Crippen LogP contribution in [0.4, 0.5) is 0 Å². The predicted octanol–water partition coefficient (Wildman–Crippen LogP) is 4.42. The van der Waals surface area contributed by atoms with Gasteiger partial charge in [-0.3, -0.25) is 0 Å². The van der Waals surface area contributed by atoms with Gasteiger partial charge < -0.3 is 10.1 Å². The van der Waals surface area contributed by atoms with E-state index >= 15 is 0 Å². The average molecular weight is 291 g/mol. The van der Waals surface area contributed by atoms with Crippen LogP contribution in [0.1, 0.15) is 26.5 Å². The van der Waals surface area contributed by atoms with Crippen molar-refractivity contribution in [2.75, 3.05) is 0 Å². The molecule has 1 aromatic heterocycles. The van der Waals surface area contributed by atoms with E-state index in [2.05, 4.69) is 31.1 Å². The van der Waals surface area contributed by atoms with E-state index in [0.29, 0.717) is 23.2 Å². The van der Waals surface area contributed by atoms with Crippen LogP contribution in [0.2, 0.25) is 5.02 Å². The van der Waals surface area contributed by atoms with Gasteiger partial charge in [0.15, 0.2) is 0 Å². The number of rotatable bonds is 4. The van der Waals surface area contributed by atoms with Gasteiger partial charge in [-0.1, -0.05) is 29.8 Å². The molecule has 0 saturated heterocycles. The summed E-state index contributed by atoms with van der Waals surface area (Å²) in [5, 5.41) is 3.97. The van der Waals surface area contributed by atoms with Crippen LogP contribution >= 0.6 is 11.6 Å². The van der Waals surface area contributed by atoms with Crippen molar-refractivity contribution in [3.8, 4) is 11.6 Å². The SMILES string of the molecule is CC(C)(C)NCc1cccc(Oc2ccccc2Cl)n1. The number of halogens is 1. The maximum absolute atomic E-state index is 6.07. The third-order valence-corrected chi connectivity index (χ3v) is 2.94. The van der Waals surface area contributed by atoms with Crippen LogP contribution in [0.3, 0.4) is 0 Å². The summed E-state index contributed by atoms with van der Waals surface area (Å²) in [6, 6.07) is 13.1. The number of pyridine rings is 1. The lowest BCUT2D eigenvalue weighted by molar-refractivity contribution is 0.416. The summed E-state index contributed by atoms with van der Waals surface area (Å²) < 4.78 is 5.71. The van der Waals surface area contributed by atoms with Crippen LogP contribution in [-0.2, 0) is 6.54 Å². The van der Waals surface area contributed by atoms with Crippen molar-refractivity contribution in [2.45, 2.75) is 32.9 Å². The number of hydrogen-bond acceptors (Lipinski definition) is 3. The van der Waals surface area contributed by atoms with Crippen molar-refractivity contribution in [3.05, 3.63) is 53.2 Å². The van der Waals surface area contributed by atoms with Gasteiger partial charge in [0.25, 0.3) is 0 Å². The standard InChI is InChI=1S/C16H19ClN2O/c1-16(2,3)18-11-12-7-6-10-15(19-12)20-14-9-5-4-8-13(14)17/h4-10,18H,11H2,1-3H3. The Hall–Kier alpha value is -1.58. The Bertz CT molecular complexity index is 579. The number of hydrogen-bond donors (Lipinski definition) is 1. The molecule has 0 aliphatic heterocycles. The lowest BCUT2D eigenvalue weighted by Crippen LogP contribution is -2.35. The van der Waals surface area contributed by atoms with Crippen molar-refractivity contribution < 1.29 is 4.74 Å². The smallest absolute Gasteiger partial charge is 0.219 e. The summed E-state index contributed by atoms with van der Waals surface area (Å²) >= 11 is 6.07. The van der Waals surface area contributed by atoms with Crippen molar-refractivity contribution in [2.24, 2.45) is 0 Å². The number of aromatic nitrogens is 1. The maximum Gasteiger partial charge on any atom is 0.219 e. The highest BCUT2D eigenvalue weighted by atomic mass is 35.5. The first kappa shape index (κ1) is 14.8. The lowest BCUT2D eigenvalue weighted by atomic mass is 10.1. The first-order valence-electron chi connectivity index (χ1n) is 6.57. The minimum absolute atomic E-state index is 0.0568. The van der Waals surface area contributed by atoms with Crippen molar-refractivity contribution >= 4 is 11.6 Å². The third-order valence-electron chi connectivity index (χ3n) is 2.63. The molecule has 0 spiro atoms. The number of nitrogens with one attached hydrogen (secondary N) is 1. The quantitative estimate of drug-likeness (QED) is 0.905. The molecule has 0 amide bonds. The fourth-order valence-corrected chi connectivity index (χ4v) is 1.78. The van der Waals surface area contributed by atoms with E-state index < -0.39 is 0 Å². The number of para-hydroxylation sites is 1. The highest BCUT2D eigenvalue weighted by molar-refractivity contribution is 6.32. The Morgan fingerprint density at radius 3 is 2.55 bits per heavy atom. The Balaban J connectivity index is 2.08. The topological polar surface area (TPSA) is 34.1 Å². The number of benzene rings is 1. The van der Waals surface area contributed by atoms with Crippen molar-refractivity contribution in [3.63, 3.8) is 0 Å². The zero-order chi connectivity index (χ0) is 14.6. The molecule has 0 unspecified atom stereocenters. The molecule has 3 nitrogen and oxygen atoms in total. The molecule has 1 heterocycles. The monoisotopic (exact) mass is 290 g/mol. The fraction of sp³-hybridized carbons (Fsp3) is 0.312. The van der Waals surface area contributed by atoms with Gasteiger partial charge in [0.2, 0.25) is 5.88 Å². The van der Waals surface area contributed by atoms with E-state index in [-0.39, 0.29) is 5.54 Å². The molecule has 0 bridgehead atoms. The first-order chi connectivity index (χ1) is 9.44. The maximum atomic E-state index is 6.07. The van der Waals surface area contributed by atoms with Crippen molar-refractivity contribution in [1.82, 2.24) is 10.3 Å². The van der Waals surface area contributed by atoms with E-state index in [4.69, 9.17) is 16.3 Å².